The van der Waals surface area contributed by atoms with E-state index < -0.39 is 17.6 Å². The first-order valence-electron chi connectivity index (χ1n) is 18.2. The van der Waals surface area contributed by atoms with Gasteiger partial charge in [0, 0.05) is 77.9 Å². The predicted molar refractivity (Wildman–Crippen MR) is 203 cm³/mol. The lowest BCUT2D eigenvalue weighted by molar-refractivity contribution is 0.0701. The van der Waals surface area contributed by atoms with Gasteiger partial charge in [0.05, 0.1) is 0 Å². The van der Waals surface area contributed by atoms with Crippen molar-refractivity contribution in [2.75, 3.05) is 65.8 Å². The average molecular weight is 727 g/mol. The van der Waals surface area contributed by atoms with Gasteiger partial charge in [-0.3, -0.25) is 0 Å². The van der Waals surface area contributed by atoms with Crippen LogP contribution >= 0.6 is 24.4 Å². The molecule has 0 aliphatic heterocycles. The van der Waals surface area contributed by atoms with E-state index in [1.54, 1.807) is 0 Å². The molecule has 10 nitrogen and oxygen atoms in total. The fourth-order valence-corrected chi connectivity index (χ4v) is 10.8. The first-order chi connectivity index (χ1) is 22.4. The molecule has 0 fully saturated rings. The summed E-state index contributed by atoms with van der Waals surface area (Å²) in [5.41, 5.74) is 0. The molecule has 14 heteroatoms. The summed E-state index contributed by atoms with van der Waals surface area (Å²) in [4.78, 5) is 0. The molecular weight excluding hydrogens is 657 g/mol. The van der Waals surface area contributed by atoms with Crippen molar-refractivity contribution < 1.29 is 26.6 Å². The van der Waals surface area contributed by atoms with Gasteiger partial charge in [0.15, 0.2) is 10.2 Å². The first kappa shape index (κ1) is 45.6. The molecule has 0 unspecified atom stereocenters. The standard InChI is InChI=1S/C32H70N4O6S2Si2/c1-7-37-45(38-8-2,39-9-3)29-23-27-35-31(43)33-25-21-19-17-15-13-14-16-18-20-22-26-34-32(44)36-28-24-30-46(40-10-4,41-11-5)42-12-6/h7-30H2,1-6H3,(H2,33,35,43)(H2,34,36,44). The second-order valence-electron chi connectivity index (χ2n) is 11.1. The molecule has 0 aromatic rings. The van der Waals surface area contributed by atoms with Gasteiger partial charge in [-0.05, 0) is 91.7 Å². The molecule has 0 amide bonds. The van der Waals surface area contributed by atoms with Crippen LogP contribution in [-0.2, 0) is 26.6 Å². The summed E-state index contributed by atoms with van der Waals surface area (Å²) >= 11 is 10.9. The van der Waals surface area contributed by atoms with E-state index in [0.29, 0.717) is 39.6 Å². The maximum Gasteiger partial charge on any atom is 0.500 e. The van der Waals surface area contributed by atoms with E-state index in [2.05, 4.69) is 21.3 Å². The topological polar surface area (TPSA) is 104 Å². The van der Waals surface area contributed by atoms with Gasteiger partial charge < -0.3 is 47.8 Å². The molecule has 0 saturated carbocycles. The van der Waals surface area contributed by atoms with Crippen molar-refractivity contribution in [3.05, 3.63) is 0 Å². The lowest BCUT2D eigenvalue weighted by Crippen LogP contribution is -2.46. The Labute approximate surface area is 295 Å². The molecule has 0 spiro atoms. The predicted octanol–water partition coefficient (Wildman–Crippen LogP) is 6.69. The largest absolute Gasteiger partial charge is 0.500 e. The maximum atomic E-state index is 5.91. The second kappa shape index (κ2) is 31.8. The molecule has 0 aliphatic carbocycles. The number of thiocarbonyl (C=S) groups is 2. The Morgan fingerprint density at radius 3 is 0.826 bits per heavy atom. The summed E-state index contributed by atoms with van der Waals surface area (Å²) in [6.45, 7) is 19.0. The highest BCUT2D eigenvalue weighted by Crippen LogP contribution is 2.19. The zero-order chi connectivity index (χ0) is 34.2. The van der Waals surface area contributed by atoms with Gasteiger partial charge in [-0.1, -0.05) is 51.4 Å². The Morgan fingerprint density at radius 2 is 0.587 bits per heavy atom. The minimum absolute atomic E-state index is 0.609. The van der Waals surface area contributed by atoms with Crippen molar-refractivity contribution in [3.63, 3.8) is 0 Å². The summed E-state index contributed by atoms with van der Waals surface area (Å²) in [6.07, 6.45) is 14.5. The number of rotatable bonds is 33. The summed E-state index contributed by atoms with van der Waals surface area (Å²) in [5, 5.41) is 14.7. The van der Waals surface area contributed by atoms with Crippen LogP contribution < -0.4 is 21.3 Å². The SMILES string of the molecule is CCO[Si](CCCNC(=S)NCCCCCCCCCCCCNC(=S)NCCC[Si](OCC)(OCC)OCC)(OCC)OCC. The van der Waals surface area contributed by atoms with Gasteiger partial charge >= 0.3 is 17.6 Å². The van der Waals surface area contributed by atoms with Crippen molar-refractivity contribution >= 4 is 52.3 Å². The number of unbranched alkanes of at least 4 members (excludes halogenated alkanes) is 9. The summed E-state index contributed by atoms with van der Waals surface area (Å²) < 4.78 is 35.5. The van der Waals surface area contributed by atoms with Crippen molar-refractivity contribution in [1.29, 1.82) is 0 Å². The molecular formula is C32H70N4O6S2Si2. The Balaban J connectivity index is 3.65. The van der Waals surface area contributed by atoms with Crippen molar-refractivity contribution in [2.45, 2.75) is 131 Å². The number of hydrogen-bond acceptors (Lipinski definition) is 8. The Morgan fingerprint density at radius 1 is 0.370 bits per heavy atom. The van der Waals surface area contributed by atoms with E-state index in [1.807, 2.05) is 41.5 Å². The smallest absolute Gasteiger partial charge is 0.374 e. The molecule has 0 rings (SSSR count). The van der Waals surface area contributed by atoms with Crippen LogP contribution in [0.2, 0.25) is 12.1 Å². The molecule has 46 heavy (non-hydrogen) atoms. The monoisotopic (exact) mass is 726 g/mol. The minimum atomic E-state index is -2.57. The molecule has 0 aliphatic rings. The zero-order valence-electron chi connectivity index (χ0n) is 30.2. The quantitative estimate of drug-likeness (QED) is 0.0329. The highest BCUT2D eigenvalue weighted by molar-refractivity contribution is 7.80. The molecule has 0 bridgehead atoms. The molecule has 0 atom stereocenters. The Hall–Kier alpha value is -0.426. The molecule has 0 aromatic carbocycles. The van der Waals surface area contributed by atoms with Gasteiger partial charge in [-0.2, -0.15) is 0 Å². The van der Waals surface area contributed by atoms with Crippen LogP contribution in [-0.4, -0.2) is 93.7 Å². The van der Waals surface area contributed by atoms with Crippen LogP contribution in [0.25, 0.3) is 0 Å². The van der Waals surface area contributed by atoms with E-state index in [4.69, 9.17) is 51.0 Å². The molecule has 0 aromatic heterocycles. The van der Waals surface area contributed by atoms with Crippen molar-refractivity contribution in [1.82, 2.24) is 21.3 Å². The first-order valence-corrected chi connectivity index (χ1v) is 22.9. The molecule has 4 N–H and O–H groups in total. The number of hydrogen-bond donors (Lipinski definition) is 4. The zero-order valence-corrected chi connectivity index (χ0v) is 33.9. The number of nitrogens with one attached hydrogen (secondary N) is 4. The third kappa shape index (κ3) is 24.7. The summed E-state index contributed by atoms with van der Waals surface area (Å²) in [6, 6.07) is 1.60. The molecule has 274 valence electrons. The van der Waals surface area contributed by atoms with Crippen LogP contribution in [0.4, 0.5) is 0 Å². The lowest BCUT2D eigenvalue weighted by Gasteiger charge is -2.28. The van der Waals surface area contributed by atoms with Gasteiger partial charge in [0.2, 0.25) is 0 Å². The van der Waals surface area contributed by atoms with E-state index in [-0.39, 0.29) is 0 Å². The molecule has 0 saturated heterocycles. The molecule has 0 radical (unpaired) electrons. The fourth-order valence-electron chi connectivity index (χ4n) is 5.21. The molecule has 0 heterocycles. The van der Waals surface area contributed by atoms with Gasteiger partial charge in [-0.25, -0.2) is 0 Å². The summed E-state index contributed by atoms with van der Waals surface area (Å²) in [5.74, 6) is 0. The lowest BCUT2D eigenvalue weighted by atomic mass is 10.1. The van der Waals surface area contributed by atoms with Crippen molar-refractivity contribution in [3.8, 4) is 0 Å². The van der Waals surface area contributed by atoms with E-state index >= 15 is 0 Å². The highest BCUT2D eigenvalue weighted by atomic mass is 32.1. The van der Waals surface area contributed by atoms with Crippen LogP contribution in [0.5, 0.6) is 0 Å². The van der Waals surface area contributed by atoms with E-state index in [9.17, 15) is 0 Å². The van der Waals surface area contributed by atoms with Gasteiger partial charge in [-0.15, -0.1) is 0 Å². The van der Waals surface area contributed by atoms with Crippen LogP contribution in [0, 0.1) is 0 Å². The van der Waals surface area contributed by atoms with Crippen LogP contribution in [0.1, 0.15) is 119 Å². The van der Waals surface area contributed by atoms with Gasteiger partial charge in [0.1, 0.15) is 0 Å². The normalized spacial score (nSPS) is 11.9. The van der Waals surface area contributed by atoms with Crippen molar-refractivity contribution in [2.24, 2.45) is 0 Å². The highest BCUT2D eigenvalue weighted by Gasteiger charge is 2.40. The van der Waals surface area contributed by atoms with Gasteiger partial charge in [0.25, 0.3) is 0 Å². The Bertz CT molecular complexity index is 642. The minimum Gasteiger partial charge on any atom is -0.374 e. The Kier molecular flexibility index (Phi) is 31.5. The second-order valence-corrected chi connectivity index (χ2v) is 17.4. The van der Waals surface area contributed by atoms with Crippen LogP contribution in [0.3, 0.4) is 0 Å². The van der Waals surface area contributed by atoms with E-state index in [0.717, 1.165) is 74.2 Å². The maximum absolute atomic E-state index is 5.91. The summed E-state index contributed by atoms with van der Waals surface area (Å²) in [7, 11) is -5.13. The average Bonchev–Trinajstić information content (AvgIpc) is 3.02. The fraction of sp³-hybridized carbons (Fsp3) is 0.938. The van der Waals surface area contributed by atoms with Crippen LogP contribution in [0.15, 0.2) is 0 Å². The third-order valence-electron chi connectivity index (χ3n) is 7.25. The third-order valence-corrected chi connectivity index (χ3v) is 14.1. The van der Waals surface area contributed by atoms with E-state index in [1.165, 1.54) is 51.4 Å².